The van der Waals surface area contributed by atoms with Gasteiger partial charge in [0.05, 0.1) is 23.1 Å². The van der Waals surface area contributed by atoms with E-state index in [-0.39, 0.29) is 22.3 Å². The fourth-order valence-electron chi connectivity index (χ4n) is 8.80. The van der Waals surface area contributed by atoms with Crippen molar-refractivity contribution in [2.24, 2.45) is 4.99 Å². The molecule has 2 nitrogen and oxygen atoms in total. The summed E-state index contributed by atoms with van der Waals surface area (Å²) in [7, 11) is 0. The van der Waals surface area contributed by atoms with Crippen LogP contribution in [-0.2, 0) is 16.2 Å². The number of benzene rings is 4. The van der Waals surface area contributed by atoms with Crippen LogP contribution in [0.5, 0.6) is 0 Å². The first-order chi connectivity index (χ1) is 21.6. The summed E-state index contributed by atoms with van der Waals surface area (Å²) in [4.78, 5) is 10.8. The number of allylic oxidation sites excluding steroid dienone is 1. The van der Waals surface area contributed by atoms with Crippen molar-refractivity contribution in [3.63, 3.8) is 0 Å². The van der Waals surface area contributed by atoms with Crippen molar-refractivity contribution in [3.8, 4) is 33.5 Å². The molecule has 45 heavy (non-hydrogen) atoms. The van der Waals surface area contributed by atoms with Crippen LogP contribution in [0, 0.1) is 0 Å². The van der Waals surface area contributed by atoms with Gasteiger partial charge in [-0.2, -0.15) is 0 Å². The van der Waals surface area contributed by atoms with Crippen LogP contribution in [-0.4, -0.2) is 10.7 Å². The Morgan fingerprint density at radius 1 is 0.556 bits per heavy atom. The average Bonchev–Trinajstić information content (AvgIpc) is 3.53. The molecule has 5 aromatic rings. The Bertz CT molecular complexity index is 2170. The van der Waals surface area contributed by atoms with Crippen LogP contribution >= 0.6 is 0 Å². The number of dihydropyridines is 1. The summed E-state index contributed by atoms with van der Waals surface area (Å²) in [6, 6.07) is 36.3. The van der Waals surface area contributed by atoms with Gasteiger partial charge in [0.25, 0.3) is 0 Å². The number of nitrogens with zero attached hydrogens (tertiary/aromatic N) is 2. The lowest BCUT2D eigenvalue weighted by molar-refractivity contribution is 0.636. The summed E-state index contributed by atoms with van der Waals surface area (Å²) >= 11 is 0. The molecule has 0 bridgehead atoms. The second kappa shape index (κ2) is 8.79. The Kier molecular flexibility index (Phi) is 5.23. The maximum absolute atomic E-state index is 5.44. The third kappa shape index (κ3) is 3.51. The van der Waals surface area contributed by atoms with Gasteiger partial charge in [-0.3, -0.25) is 9.98 Å². The molecule has 0 saturated heterocycles. The van der Waals surface area contributed by atoms with Crippen LogP contribution < -0.4 is 0 Å². The number of rotatable bonds is 2. The molecular formula is C43H38N2. The molecule has 0 N–H and O–H groups in total. The highest BCUT2D eigenvalue weighted by atomic mass is 14.8. The van der Waals surface area contributed by atoms with Crippen molar-refractivity contribution in [1.29, 1.82) is 0 Å². The summed E-state index contributed by atoms with van der Waals surface area (Å²) in [6.45, 7) is 14.0. The van der Waals surface area contributed by atoms with Crippen molar-refractivity contribution in [1.82, 2.24) is 4.98 Å². The molecule has 1 atom stereocenters. The van der Waals surface area contributed by atoms with E-state index in [0.717, 1.165) is 17.8 Å². The Morgan fingerprint density at radius 2 is 1.20 bits per heavy atom. The van der Waals surface area contributed by atoms with E-state index in [4.69, 9.17) is 9.98 Å². The van der Waals surface area contributed by atoms with Crippen molar-refractivity contribution >= 4 is 11.3 Å². The Morgan fingerprint density at radius 3 is 2.00 bits per heavy atom. The van der Waals surface area contributed by atoms with Crippen molar-refractivity contribution in [3.05, 3.63) is 142 Å². The first-order valence-electron chi connectivity index (χ1n) is 16.4. The SMILES string of the molecule is CC1(C)C2=NC(c3ccc4c(c3)-c3ccc(-c5ccc6c(c5)-c5ccccc5C6(C)C)nc3C4(C)C)CC=C2c2ccccc21. The maximum atomic E-state index is 5.44. The summed E-state index contributed by atoms with van der Waals surface area (Å²) in [5, 5.41) is 0. The van der Waals surface area contributed by atoms with E-state index in [9.17, 15) is 0 Å². The van der Waals surface area contributed by atoms with Crippen LogP contribution in [0.15, 0.2) is 108 Å². The van der Waals surface area contributed by atoms with Crippen molar-refractivity contribution < 1.29 is 0 Å². The predicted octanol–water partition coefficient (Wildman–Crippen LogP) is 10.6. The van der Waals surface area contributed by atoms with Crippen molar-refractivity contribution in [2.45, 2.75) is 70.3 Å². The van der Waals surface area contributed by atoms with Gasteiger partial charge < -0.3 is 0 Å². The van der Waals surface area contributed by atoms with Gasteiger partial charge in [-0.1, -0.05) is 126 Å². The zero-order valence-electron chi connectivity index (χ0n) is 27.0. The second-order valence-corrected chi connectivity index (χ2v) is 15.0. The minimum Gasteiger partial charge on any atom is -0.280 e. The molecule has 3 aliphatic carbocycles. The molecule has 2 heteroatoms. The number of fused-ring (bicyclic) bond motifs is 9. The molecular weight excluding hydrogens is 544 g/mol. The molecule has 2 heterocycles. The lowest BCUT2D eigenvalue weighted by Crippen LogP contribution is -2.25. The van der Waals surface area contributed by atoms with E-state index in [0.29, 0.717) is 0 Å². The molecule has 0 fully saturated rings. The van der Waals surface area contributed by atoms with Crippen LogP contribution in [0.3, 0.4) is 0 Å². The van der Waals surface area contributed by atoms with Crippen molar-refractivity contribution in [2.75, 3.05) is 0 Å². The normalized spacial score (nSPS) is 20.3. The topological polar surface area (TPSA) is 25.2 Å². The largest absolute Gasteiger partial charge is 0.280 e. The molecule has 4 aromatic carbocycles. The molecule has 1 unspecified atom stereocenters. The van der Waals surface area contributed by atoms with E-state index in [1.54, 1.807) is 0 Å². The molecule has 9 rings (SSSR count). The summed E-state index contributed by atoms with van der Waals surface area (Å²) in [6.07, 6.45) is 3.35. The first-order valence-corrected chi connectivity index (χ1v) is 16.4. The van der Waals surface area contributed by atoms with E-state index in [2.05, 4.69) is 145 Å². The van der Waals surface area contributed by atoms with E-state index >= 15 is 0 Å². The molecule has 0 spiro atoms. The van der Waals surface area contributed by atoms with Gasteiger partial charge >= 0.3 is 0 Å². The zero-order chi connectivity index (χ0) is 30.9. The minimum absolute atomic E-state index is 0.00907. The predicted molar refractivity (Wildman–Crippen MR) is 187 cm³/mol. The lowest BCUT2D eigenvalue weighted by Gasteiger charge is -2.26. The fraction of sp³-hybridized carbons (Fsp3) is 0.256. The van der Waals surface area contributed by atoms with E-state index in [1.807, 2.05) is 0 Å². The van der Waals surface area contributed by atoms with Gasteiger partial charge in [0, 0.05) is 32.9 Å². The van der Waals surface area contributed by atoms with Gasteiger partial charge in [0.1, 0.15) is 0 Å². The third-order valence-corrected chi connectivity index (χ3v) is 11.3. The minimum atomic E-state index is -0.175. The summed E-state index contributed by atoms with van der Waals surface area (Å²) in [5.74, 6) is 0. The van der Waals surface area contributed by atoms with Gasteiger partial charge in [-0.05, 0) is 74.7 Å². The van der Waals surface area contributed by atoms with Crippen LogP contribution in [0.1, 0.15) is 93.1 Å². The molecule has 0 radical (unpaired) electrons. The van der Waals surface area contributed by atoms with Gasteiger partial charge in [0.15, 0.2) is 0 Å². The standard InChI is InChI=1S/C43H38N2/c1-41(2)33-13-9-8-12-28(33)31-23-25(15-19-35(31)41)38-22-18-30-32-24-26(16-20-36(32)43(5,6)40(30)45-38)37-21-17-29-27-11-7-10-14-34(27)42(3,4)39(29)44-37/h7-20,22-24,37H,21H2,1-6H3. The van der Waals surface area contributed by atoms with E-state index in [1.165, 1.54) is 72.5 Å². The number of hydrogen-bond donors (Lipinski definition) is 0. The smallest absolute Gasteiger partial charge is 0.0787 e. The Hall–Kier alpha value is -4.56. The molecule has 4 aliphatic rings. The highest BCUT2D eigenvalue weighted by Crippen LogP contribution is 2.52. The molecule has 1 aliphatic heterocycles. The molecule has 220 valence electrons. The number of aliphatic imine (C=N–C) groups is 1. The monoisotopic (exact) mass is 582 g/mol. The third-order valence-electron chi connectivity index (χ3n) is 11.3. The average molecular weight is 583 g/mol. The molecule has 1 aromatic heterocycles. The number of pyridine rings is 1. The summed E-state index contributed by atoms with van der Waals surface area (Å²) in [5.41, 5.74) is 19.1. The molecule has 0 saturated carbocycles. The molecule has 0 amide bonds. The fourth-order valence-corrected chi connectivity index (χ4v) is 8.80. The maximum Gasteiger partial charge on any atom is 0.0787 e. The summed E-state index contributed by atoms with van der Waals surface area (Å²) < 4.78 is 0. The van der Waals surface area contributed by atoms with Crippen LogP contribution in [0.2, 0.25) is 0 Å². The highest BCUT2D eigenvalue weighted by molar-refractivity contribution is 6.32. The number of aromatic nitrogens is 1. The zero-order valence-corrected chi connectivity index (χ0v) is 27.0. The lowest BCUT2D eigenvalue weighted by atomic mass is 9.82. The van der Waals surface area contributed by atoms with Crippen LogP contribution in [0.4, 0.5) is 0 Å². The van der Waals surface area contributed by atoms with E-state index < -0.39 is 0 Å². The highest BCUT2D eigenvalue weighted by Gasteiger charge is 2.42. The quantitative estimate of drug-likeness (QED) is 0.203. The van der Waals surface area contributed by atoms with Gasteiger partial charge in [0.2, 0.25) is 0 Å². The first kappa shape index (κ1) is 26.8. The number of hydrogen-bond acceptors (Lipinski definition) is 2. The second-order valence-electron chi connectivity index (χ2n) is 15.0. The van der Waals surface area contributed by atoms with Crippen LogP contribution in [0.25, 0.3) is 39.1 Å². The van der Waals surface area contributed by atoms with Gasteiger partial charge in [-0.15, -0.1) is 0 Å². The van der Waals surface area contributed by atoms with Gasteiger partial charge in [-0.25, -0.2) is 0 Å². The Labute approximate surface area is 266 Å². The Balaban J connectivity index is 1.09.